The number of benzene rings is 1. The van der Waals surface area contributed by atoms with Crippen LogP contribution in [0.2, 0.25) is 0 Å². The number of nitrogens with zero attached hydrogens (tertiary/aromatic N) is 2. The quantitative estimate of drug-likeness (QED) is 0.871. The third-order valence-electron chi connectivity index (χ3n) is 3.18. The van der Waals surface area contributed by atoms with Crippen LogP contribution < -0.4 is 5.32 Å². The minimum atomic E-state index is -0.224. The van der Waals surface area contributed by atoms with Crippen molar-refractivity contribution in [1.82, 2.24) is 14.9 Å². The van der Waals surface area contributed by atoms with Gasteiger partial charge in [-0.15, -0.1) is 0 Å². The van der Waals surface area contributed by atoms with Gasteiger partial charge in [0.15, 0.2) is 0 Å². The third kappa shape index (κ3) is 3.67. The summed E-state index contributed by atoms with van der Waals surface area (Å²) in [4.78, 5) is 4.41. The average molecular weight is 340 g/mol. The predicted octanol–water partition coefficient (Wildman–Crippen LogP) is 3.61. The Balaban J connectivity index is 2.21. The normalized spacial score (nSPS) is 12.6. The summed E-state index contributed by atoms with van der Waals surface area (Å²) in [6, 6.07) is 5.24. The van der Waals surface area contributed by atoms with Crippen molar-refractivity contribution in [3.63, 3.8) is 0 Å². The second-order valence-corrected chi connectivity index (χ2v) is 5.68. The molecule has 1 atom stereocenters. The van der Waals surface area contributed by atoms with Crippen molar-refractivity contribution in [3.05, 3.63) is 52.3 Å². The van der Waals surface area contributed by atoms with Gasteiger partial charge in [0.1, 0.15) is 5.82 Å². The van der Waals surface area contributed by atoms with Crippen LogP contribution in [0.25, 0.3) is 0 Å². The van der Waals surface area contributed by atoms with Crippen LogP contribution in [-0.4, -0.2) is 16.1 Å². The fraction of sp³-hybridized carbons (Fsp3) is 0.400. The molecule has 0 spiro atoms. The molecule has 0 amide bonds. The Hall–Kier alpha value is -1.20. The fourth-order valence-corrected chi connectivity index (χ4v) is 2.57. The Morgan fingerprint density at radius 3 is 2.90 bits per heavy atom. The summed E-state index contributed by atoms with van der Waals surface area (Å²) in [7, 11) is 1.95. The molecule has 1 aromatic heterocycles. The van der Waals surface area contributed by atoms with E-state index in [0.29, 0.717) is 10.9 Å². The van der Waals surface area contributed by atoms with E-state index in [1.54, 1.807) is 12.4 Å². The number of imidazole rings is 1. The summed E-state index contributed by atoms with van der Waals surface area (Å²) in [6.45, 7) is 3.04. The first-order valence-corrected chi connectivity index (χ1v) is 7.55. The van der Waals surface area contributed by atoms with Crippen molar-refractivity contribution < 1.29 is 4.39 Å². The standard InChI is InChI=1S/C15H19BrFN3/c1-3-7-18-13(14-9-20(2)10-19-14)8-11-5-4-6-12(17)15(11)16/h4-6,9-10,13,18H,3,7-8H2,1-2H3. The molecule has 2 rings (SSSR count). The lowest BCUT2D eigenvalue weighted by Crippen LogP contribution is -2.24. The molecule has 1 aromatic carbocycles. The van der Waals surface area contributed by atoms with Gasteiger partial charge in [0.2, 0.25) is 0 Å². The molecule has 0 saturated heterocycles. The van der Waals surface area contributed by atoms with Gasteiger partial charge in [-0.2, -0.15) is 0 Å². The highest BCUT2D eigenvalue weighted by atomic mass is 79.9. The van der Waals surface area contributed by atoms with Crippen molar-refractivity contribution in [3.8, 4) is 0 Å². The van der Waals surface area contributed by atoms with Gasteiger partial charge in [-0.1, -0.05) is 19.1 Å². The number of halogens is 2. The number of nitrogens with one attached hydrogen (secondary N) is 1. The number of aromatic nitrogens is 2. The number of hydrogen-bond donors (Lipinski definition) is 1. The molecule has 0 aliphatic heterocycles. The Morgan fingerprint density at radius 1 is 1.45 bits per heavy atom. The second-order valence-electron chi connectivity index (χ2n) is 4.89. The van der Waals surface area contributed by atoms with Gasteiger partial charge >= 0.3 is 0 Å². The van der Waals surface area contributed by atoms with E-state index in [2.05, 4.69) is 33.2 Å². The fourth-order valence-electron chi connectivity index (χ4n) is 2.14. The topological polar surface area (TPSA) is 29.9 Å². The van der Waals surface area contributed by atoms with Crippen molar-refractivity contribution in [2.45, 2.75) is 25.8 Å². The van der Waals surface area contributed by atoms with E-state index in [-0.39, 0.29) is 11.9 Å². The van der Waals surface area contributed by atoms with Gasteiger partial charge < -0.3 is 9.88 Å². The van der Waals surface area contributed by atoms with Crippen molar-refractivity contribution in [1.29, 1.82) is 0 Å². The molecule has 0 aliphatic carbocycles. The van der Waals surface area contributed by atoms with Gasteiger partial charge in [0.25, 0.3) is 0 Å². The zero-order valence-electron chi connectivity index (χ0n) is 11.7. The Bertz CT molecular complexity index is 568. The molecule has 108 valence electrons. The molecule has 1 heterocycles. The number of rotatable bonds is 6. The van der Waals surface area contributed by atoms with Gasteiger partial charge in [-0.05, 0) is 46.9 Å². The summed E-state index contributed by atoms with van der Waals surface area (Å²) >= 11 is 3.33. The first kappa shape index (κ1) is 15.2. The van der Waals surface area contributed by atoms with Crippen LogP contribution in [-0.2, 0) is 13.5 Å². The maximum absolute atomic E-state index is 13.6. The average Bonchev–Trinajstić information content (AvgIpc) is 2.86. The lowest BCUT2D eigenvalue weighted by molar-refractivity contribution is 0.516. The van der Waals surface area contributed by atoms with E-state index in [1.807, 2.05) is 23.9 Å². The molecule has 0 aliphatic rings. The van der Waals surface area contributed by atoms with Crippen LogP contribution in [0.5, 0.6) is 0 Å². The van der Waals surface area contributed by atoms with E-state index >= 15 is 0 Å². The highest BCUT2D eigenvalue weighted by Gasteiger charge is 2.16. The highest BCUT2D eigenvalue weighted by Crippen LogP contribution is 2.25. The summed E-state index contributed by atoms with van der Waals surface area (Å²) in [5.74, 6) is -0.224. The van der Waals surface area contributed by atoms with Crippen LogP contribution >= 0.6 is 15.9 Å². The maximum atomic E-state index is 13.6. The lowest BCUT2D eigenvalue weighted by Gasteiger charge is -2.17. The summed E-state index contributed by atoms with van der Waals surface area (Å²) < 4.78 is 16.1. The van der Waals surface area contributed by atoms with Crippen molar-refractivity contribution >= 4 is 15.9 Å². The molecular formula is C15H19BrFN3. The molecule has 5 heteroatoms. The van der Waals surface area contributed by atoms with Crippen LogP contribution in [0.1, 0.15) is 30.6 Å². The van der Waals surface area contributed by atoms with Gasteiger partial charge in [-0.25, -0.2) is 9.37 Å². The SMILES string of the molecule is CCCNC(Cc1cccc(F)c1Br)c1cn(C)cn1. The molecule has 20 heavy (non-hydrogen) atoms. The van der Waals surface area contributed by atoms with E-state index in [4.69, 9.17) is 0 Å². The molecule has 0 radical (unpaired) electrons. The van der Waals surface area contributed by atoms with E-state index in [0.717, 1.165) is 24.2 Å². The molecule has 0 fully saturated rings. The van der Waals surface area contributed by atoms with E-state index in [1.165, 1.54) is 6.07 Å². The first-order valence-electron chi connectivity index (χ1n) is 6.76. The first-order chi connectivity index (χ1) is 9.61. The van der Waals surface area contributed by atoms with Gasteiger partial charge in [0, 0.05) is 13.2 Å². The third-order valence-corrected chi connectivity index (χ3v) is 4.07. The van der Waals surface area contributed by atoms with Crippen LogP contribution in [0.4, 0.5) is 4.39 Å². The largest absolute Gasteiger partial charge is 0.340 e. The molecule has 0 saturated carbocycles. The Morgan fingerprint density at radius 2 is 2.25 bits per heavy atom. The van der Waals surface area contributed by atoms with Crippen LogP contribution in [0.15, 0.2) is 35.2 Å². The monoisotopic (exact) mass is 339 g/mol. The molecular weight excluding hydrogens is 321 g/mol. The van der Waals surface area contributed by atoms with Gasteiger partial charge in [-0.3, -0.25) is 0 Å². The van der Waals surface area contributed by atoms with Gasteiger partial charge in [0.05, 0.1) is 22.5 Å². The smallest absolute Gasteiger partial charge is 0.137 e. The van der Waals surface area contributed by atoms with Crippen LogP contribution in [0.3, 0.4) is 0 Å². The maximum Gasteiger partial charge on any atom is 0.137 e. The lowest BCUT2D eigenvalue weighted by atomic mass is 10.0. The molecule has 3 nitrogen and oxygen atoms in total. The zero-order valence-corrected chi connectivity index (χ0v) is 13.3. The van der Waals surface area contributed by atoms with Crippen molar-refractivity contribution in [2.75, 3.05) is 6.54 Å². The number of hydrogen-bond acceptors (Lipinski definition) is 2. The zero-order chi connectivity index (χ0) is 14.5. The summed E-state index contributed by atoms with van der Waals surface area (Å²) in [6.07, 6.45) is 5.54. The number of aryl methyl sites for hydroxylation is 1. The Labute approximate surface area is 127 Å². The molecule has 0 bridgehead atoms. The summed E-state index contributed by atoms with van der Waals surface area (Å²) in [5.41, 5.74) is 1.93. The second kappa shape index (κ2) is 6.99. The molecule has 1 N–H and O–H groups in total. The minimum Gasteiger partial charge on any atom is -0.340 e. The molecule has 2 aromatic rings. The Kier molecular flexibility index (Phi) is 5.31. The van der Waals surface area contributed by atoms with E-state index < -0.39 is 0 Å². The molecule has 1 unspecified atom stereocenters. The predicted molar refractivity (Wildman–Crippen MR) is 82.0 cm³/mol. The van der Waals surface area contributed by atoms with Crippen LogP contribution in [0, 0.1) is 5.82 Å². The van der Waals surface area contributed by atoms with E-state index in [9.17, 15) is 4.39 Å². The highest BCUT2D eigenvalue weighted by molar-refractivity contribution is 9.10. The van der Waals surface area contributed by atoms with Crippen molar-refractivity contribution in [2.24, 2.45) is 7.05 Å². The minimum absolute atomic E-state index is 0.0919. The summed E-state index contributed by atoms with van der Waals surface area (Å²) in [5, 5.41) is 3.48.